The predicted octanol–water partition coefficient (Wildman–Crippen LogP) is 7.94. The maximum atomic E-state index is 15.7. The highest BCUT2D eigenvalue weighted by molar-refractivity contribution is 5.78. The minimum absolute atomic E-state index is 0.00841. The van der Waals surface area contributed by atoms with Crippen molar-refractivity contribution in [1.82, 2.24) is 0 Å². The van der Waals surface area contributed by atoms with E-state index in [1.54, 1.807) is 19.2 Å². The molecule has 2 fully saturated rings. The minimum atomic E-state index is -0.978. The summed E-state index contributed by atoms with van der Waals surface area (Å²) in [6.45, 7) is 4.44. The summed E-state index contributed by atoms with van der Waals surface area (Å²) in [4.78, 5) is 11.6. The van der Waals surface area contributed by atoms with Crippen molar-refractivity contribution < 1.29 is 32.5 Å². The number of halogens is 3. The highest BCUT2D eigenvalue weighted by atomic mass is 19.1. The van der Waals surface area contributed by atoms with Crippen LogP contribution < -0.4 is 9.47 Å². The Kier molecular flexibility index (Phi) is 6.39. The van der Waals surface area contributed by atoms with E-state index in [2.05, 4.69) is 13.8 Å². The van der Waals surface area contributed by atoms with Crippen LogP contribution in [0.5, 0.6) is 11.5 Å². The molecule has 0 amide bonds. The second kappa shape index (κ2) is 9.57. The summed E-state index contributed by atoms with van der Waals surface area (Å²) in [6, 6.07) is 11.5. The van der Waals surface area contributed by atoms with Gasteiger partial charge in [-0.2, -0.15) is 0 Å². The first-order valence-electron chi connectivity index (χ1n) is 13.9. The van der Waals surface area contributed by atoms with Crippen LogP contribution in [0.2, 0.25) is 0 Å². The summed E-state index contributed by atoms with van der Waals surface area (Å²) in [6.07, 6.45) is 4.16. The molecule has 4 nitrogen and oxygen atoms in total. The van der Waals surface area contributed by atoms with Crippen LogP contribution in [0.1, 0.15) is 74.1 Å². The lowest BCUT2D eigenvalue weighted by molar-refractivity contribution is -0.139. The van der Waals surface area contributed by atoms with Gasteiger partial charge in [-0.3, -0.25) is 4.79 Å². The fraction of sp³-hybridized carbons (Fsp3) is 0.424. The molecule has 0 aromatic heterocycles. The van der Waals surface area contributed by atoms with Crippen molar-refractivity contribution in [3.63, 3.8) is 0 Å². The number of carboxylic acids is 1. The third-order valence-corrected chi connectivity index (χ3v) is 9.58. The number of carbonyl (C=O) groups is 1. The van der Waals surface area contributed by atoms with Gasteiger partial charge >= 0.3 is 5.97 Å². The van der Waals surface area contributed by atoms with E-state index in [0.717, 1.165) is 42.0 Å². The molecule has 1 N–H and O–H groups in total. The van der Waals surface area contributed by atoms with Crippen LogP contribution in [0, 0.1) is 28.8 Å². The molecule has 7 heteroatoms. The van der Waals surface area contributed by atoms with Crippen molar-refractivity contribution in [2.24, 2.45) is 11.3 Å². The number of rotatable bonds is 7. The van der Waals surface area contributed by atoms with E-state index in [4.69, 9.17) is 9.47 Å². The maximum absolute atomic E-state index is 15.7. The number of fused-ring (bicyclic) bond motifs is 2. The first kappa shape index (κ1) is 26.7. The van der Waals surface area contributed by atoms with Gasteiger partial charge in [-0.25, -0.2) is 13.2 Å². The summed E-state index contributed by atoms with van der Waals surface area (Å²) in [5, 5.41) is 9.51. The molecule has 6 rings (SSSR count). The Bertz CT molecular complexity index is 1510. The molecule has 1 spiro atoms. The third-order valence-electron chi connectivity index (χ3n) is 9.58. The highest BCUT2D eigenvalue weighted by Gasteiger charge is 2.63. The molecule has 3 aromatic carbocycles. The number of carboxylic acid groups (broad SMARTS) is 1. The predicted molar refractivity (Wildman–Crippen MR) is 145 cm³/mol. The monoisotopic (exact) mass is 550 g/mol. The van der Waals surface area contributed by atoms with Crippen LogP contribution in [0.25, 0.3) is 11.1 Å². The van der Waals surface area contributed by atoms with Gasteiger partial charge in [0.1, 0.15) is 24.0 Å². The summed E-state index contributed by atoms with van der Waals surface area (Å²) in [5.74, 6) is -2.70. The molecule has 210 valence electrons. The van der Waals surface area contributed by atoms with Crippen molar-refractivity contribution in [1.29, 1.82) is 0 Å². The summed E-state index contributed by atoms with van der Waals surface area (Å²) >= 11 is 0. The standard InChI is InChI=1S/C33H33F3O4/c1-32(2)11-4-5-24(32)22-13-18(6-8-20(22)23-14-19(39-3)7-9-26(23)34)17-40-28-15-27(35)21-10-12-33(29(21)30(28)36)16-25(33)31(37)38/h6-9,13-15,24-25H,4-5,10-12,16-17H2,1-3H3,(H,37,38)/t24-,25?,33+/m1/s1. The Labute approximate surface area is 232 Å². The van der Waals surface area contributed by atoms with Gasteiger partial charge in [0.05, 0.1) is 13.0 Å². The van der Waals surface area contributed by atoms with Gasteiger partial charge < -0.3 is 14.6 Å². The van der Waals surface area contributed by atoms with Crippen molar-refractivity contribution in [2.45, 2.75) is 70.3 Å². The van der Waals surface area contributed by atoms with Gasteiger partial charge in [-0.15, -0.1) is 0 Å². The molecule has 2 saturated carbocycles. The number of benzene rings is 3. The molecule has 3 aliphatic rings. The fourth-order valence-electron chi connectivity index (χ4n) is 7.30. The largest absolute Gasteiger partial charge is 0.497 e. The van der Waals surface area contributed by atoms with Crippen LogP contribution in [0.3, 0.4) is 0 Å². The van der Waals surface area contributed by atoms with Crippen LogP contribution in [-0.2, 0) is 23.2 Å². The molecule has 3 aliphatic carbocycles. The second-order valence-corrected chi connectivity index (χ2v) is 12.3. The summed E-state index contributed by atoms with van der Waals surface area (Å²) < 4.78 is 57.0. The number of hydrogen-bond acceptors (Lipinski definition) is 3. The first-order chi connectivity index (χ1) is 19.1. The fourth-order valence-corrected chi connectivity index (χ4v) is 7.30. The van der Waals surface area contributed by atoms with Gasteiger partial charge in [0.2, 0.25) is 0 Å². The van der Waals surface area contributed by atoms with Crippen molar-refractivity contribution in [3.8, 4) is 22.6 Å². The quantitative estimate of drug-likeness (QED) is 0.325. The summed E-state index contributed by atoms with van der Waals surface area (Å²) in [5.41, 5.74) is 2.61. The van der Waals surface area contributed by atoms with E-state index in [1.807, 2.05) is 18.2 Å². The van der Waals surface area contributed by atoms with Crippen LogP contribution in [0.15, 0.2) is 42.5 Å². The Balaban J connectivity index is 1.35. The van der Waals surface area contributed by atoms with Gasteiger partial charge in [-0.1, -0.05) is 38.5 Å². The molecular weight excluding hydrogens is 517 g/mol. The number of ether oxygens (including phenoxy) is 2. The molecular formula is C33H33F3O4. The lowest BCUT2D eigenvalue weighted by Gasteiger charge is -2.30. The van der Waals surface area contributed by atoms with E-state index in [9.17, 15) is 9.90 Å². The Morgan fingerprint density at radius 2 is 1.82 bits per heavy atom. The average Bonchev–Trinajstić information content (AvgIpc) is 3.36. The van der Waals surface area contributed by atoms with Crippen LogP contribution >= 0.6 is 0 Å². The topological polar surface area (TPSA) is 55.8 Å². The molecule has 1 unspecified atom stereocenters. The Hall–Kier alpha value is -3.48. The number of aliphatic carboxylic acids is 1. The first-order valence-corrected chi connectivity index (χ1v) is 13.9. The van der Waals surface area contributed by atoms with Crippen LogP contribution in [0.4, 0.5) is 13.2 Å². The second-order valence-electron chi connectivity index (χ2n) is 12.3. The van der Waals surface area contributed by atoms with Gasteiger partial charge in [0.25, 0.3) is 0 Å². The van der Waals surface area contributed by atoms with E-state index in [0.29, 0.717) is 30.6 Å². The van der Waals surface area contributed by atoms with Crippen molar-refractivity contribution >= 4 is 5.97 Å². The zero-order valence-corrected chi connectivity index (χ0v) is 23.0. The lowest BCUT2D eigenvalue weighted by atomic mass is 9.75. The molecule has 0 aliphatic heterocycles. The van der Waals surface area contributed by atoms with Gasteiger partial charge in [-0.05, 0) is 83.9 Å². The average molecular weight is 551 g/mol. The molecule has 0 bridgehead atoms. The van der Waals surface area contributed by atoms with Crippen molar-refractivity contribution in [2.75, 3.05) is 7.11 Å². The third kappa shape index (κ3) is 4.25. The maximum Gasteiger partial charge on any atom is 0.307 e. The zero-order chi connectivity index (χ0) is 28.4. The Morgan fingerprint density at radius 3 is 2.50 bits per heavy atom. The normalized spacial score (nSPS) is 24.2. The number of methoxy groups -OCH3 is 1. The lowest BCUT2D eigenvalue weighted by Crippen LogP contribution is -2.17. The molecule has 3 atom stereocenters. The smallest absolute Gasteiger partial charge is 0.307 e. The van der Waals surface area contributed by atoms with E-state index >= 15 is 13.2 Å². The highest BCUT2D eigenvalue weighted by Crippen LogP contribution is 2.63. The molecule has 0 heterocycles. The Morgan fingerprint density at radius 1 is 1.02 bits per heavy atom. The molecule has 3 aromatic rings. The molecule has 0 radical (unpaired) electrons. The number of hydrogen-bond donors (Lipinski definition) is 1. The summed E-state index contributed by atoms with van der Waals surface area (Å²) in [7, 11) is 1.55. The molecule has 0 saturated heterocycles. The van der Waals surface area contributed by atoms with E-state index < -0.39 is 28.9 Å². The van der Waals surface area contributed by atoms with Crippen LogP contribution in [-0.4, -0.2) is 18.2 Å². The van der Waals surface area contributed by atoms with Gasteiger partial charge in [0, 0.05) is 22.6 Å². The van der Waals surface area contributed by atoms with Gasteiger partial charge in [0.15, 0.2) is 11.6 Å². The molecule has 40 heavy (non-hydrogen) atoms. The minimum Gasteiger partial charge on any atom is -0.497 e. The van der Waals surface area contributed by atoms with Crippen molar-refractivity contribution in [3.05, 3.63) is 82.2 Å². The zero-order valence-electron chi connectivity index (χ0n) is 23.0. The SMILES string of the molecule is COc1ccc(F)c(-c2ccc(COc3cc(F)c4c(c3F)[C@@]3(CC4)CC3C(=O)O)cc2[C@H]2CCCC2(C)C)c1. The van der Waals surface area contributed by atoms with E-state index in [1.165, 1.54) is 6.07 Å². The van der Waals surface area contributed by atoms with E-state index in [-0.39, 0.29) is 40.6 Å².